The number of hydrogen-bond donors (Lipinski definition) is 1. The molecule has 0 aromatic heterocycles. The Morgan fingerprint density at radius 2 is 1.62 bits per heavy atom. The van der Waals surface area contributed by atoms with Crippen molar-refractivity contribution in [2.45, 2.75) is 39.2 Å². The Hall–Kier alpha value is -0.820. The molecule has 13 heavy (non-hydrogen) atoms. The predicted molar refractivity (Wildman–Crippen MR) is 56.0 cm³/mol. The van der Waals surface area contributed by atoms with E-state index in [-0.39, 0.29) is 0 Å². The molecular weight excluding hydrogens is 158 g/mol. The van der Waals surface area contributed by atoms with Crippen LogP contribution in [-0.2, 0) is 0 Å². The van der Waals surface area contributed by atoms with E-state index in [9.17, 15) is 0 Å². The van der Waals surface area contributed by atoms with Gasteiger partial charge in [-0.15, -0.1) is 0 Å². The molecule has 70 valence electrons. The fourth-order valence-electron chi connectivity index (χ4n) is 1.95. The van der Waals surface area contributed by atoms with E-state index in [1.54, 1.807) is 0 Å². The molecule has 1 nitrogen and oxygen atoms in total. The van der Waals surface area contributed by atoms with Crippen LogP contribution < -0.4 is 5.73 Å². The van der Waals surface area contributed by atoms with Gasteiger partial charge in [-0.2, -0.15) is 0 Å². The third-order valence-electron chi connectivity index (χ3n) is 3.12. The van der Waals surface area contributed by atoms with Gasteiger partial charge in [-0.3, -0.25) is 0 Å². The smallest absolute Gasteiger partial charge is 0.0115 e. The topological polar surface area (TPSA) is 26.0 Å². The van der Waals surface area contributed by atoms with Gasteiger partial charge in [0.15, 0.2) is 0 Å². The highest BCUT2D eigenvalue weighted by Crippen LogP contribution is 2.41. The Kier molecular flexibility index (Phi) is 1.92. The van der Waals surface area contributed by atoms with Crippen molar-refractivity contribution in [2.75, 3.05) is 0 Å². The Morgan fingerprint density at radius 1 is 1.08 bits per heavy atom. The van der Waals surface area contributed by atoms with Gasteiger partial charge in [0.2, 0.25) is 0 Å². The first-order chi connectivity index (χ1) is 6.09. The average Bonchev–Trinajstić information content (AvgIpc) is 2.75. The van der Waals surface area contributed by atoms with Gasteiger partial charge in [-0.05, 0) is 49.4 Å². The van der Waals surface area contributed by atoms with Crippen LogP contribution in [0.4, 0.5) is 0 Å². The molecule has 2 rings (SSSR count). The SMILES string of the molecule is Cc1cc(C)c([C@@H]2C[C@H]2N)cc1C. The summed E-state index contributed by atoms with van der Waals surface area (Å²) in [5.41, 5.74) is 11.5. The van der Waals surface area contributed by atoms with Crippen molar-refractivity contribution < 1.29 is 0 Å². The molecular formula is C12H17N. The summed E-state index contributed by atoms with van der Waals surface area (Å²) in [5.74, 6) is 0.638. The lowest BCUT2D eigenvalue weighted by Crippen LogP contribution is -2.02. The van der Waals surface area contributed by atoms with Gasteiger partial charge in [0.1, 0.15) is 0 Å². The fourth-order valence-corrected chi connectivity index (χ4v) is 1.95. The zero-order valence-corrected chi connectivity index (χ0v) is 8.59. The molecule has 0 spiro atoms. The minimum absolute atomic E-state index is 0.417. The molecule has 2 N–H and O–H groups in total. The van der Waals surface area contributed by atoms with Crippen LogP contribution in [0.1, 0.15) is 34.6 Å². The average molecular weight is 175 g/mol. The summed E-state index contributed by atoms with van der Waals surface area (Å²) < 4.78 is 0. The van der Waals surface area contributed by atoms with Crippen LogP contribution in [0.5, 0.6) is 0 Å². The Morgan fingerprint density at radius 3 is 2.15 bits per heavy atom. The lowest BCUT2D eigenvalue weighted by Gasteiger charge is -2.08. The van der Waals surface area contributed by atoms with Crippen LogP contribution in [0.25, 0.3) is 0 Å². The van der Waals surface area contributed by atoms with Gasteiger partial charge in [-0.25, -0.2) is 0 Å². The first-order valence-electron chi connectivity index (χ1n) is 4.93. The normalized spacial score (nSPS) is 26.2. The lowest BCUT2D eigenvalue weighted by atomic mass is 9.98. The molecule has 1 aromatic rings. The van der Waals surface area contributed by atoms with Gasteiger partial charge in [0.05, 0.1) is 0 Å². The standard InChI is InChI=1S/C12H17N/c1-7-4-9(3)10(5-8(7)2)11-6-12(11)13/h4-5,11-12H,6,13H2,1-3H3/t11-,12+/m0/s1. The second kappa shape index (κ2) is 2.85. The number of aryl methyl sites for hydroxylation is 3. The summed E-state index contributed by atoms with van der Waals surface area (Å²) in [5, 5.41) is 0. The molecule has 0 heterocycles. The quantitative estimate of drug-likeness (QED) is 0.697. The maximum absolute atomic E-state index is 5.86. The van der Waals surface area contributed by atoms with Gasteiger partial charge >= 0.3 is 0 Å². The van der Waals surface area contributed by atoms with E-state index in [1.807, 2.05) is 0 Å². The molecule has 0 amide bonds. The molecule has 0 radical (unpaired) electrons. The highest BCUT2D eigenvalue weighted by atomic mass is 14.7. The van der Waals surface area contributed by atoms with Crippen molar-refractivity contribution in [1.29, 1.82) is 0 Å². The van der Waals surface area contributed by atoms with Crippen molar-refractivity contribution in [3.05, 3.63) is 34.4 Å². The first kappa shape index (κ1) is 8.76. The van der Waals surface area contributed by atoms with Crippen LogP contribution in [0, 0.1) is 20.8 Å². The number of benzene rings is 1. The molecule has 1 aliphatic carbocycles. The molecule has 0 bridgehead atoms. The Bertz CT molecular complexity index is 341. The summed E-state index contributed by atoms with van der Waals surface area (Å²) in [6, 6.07) is 5.00. The molecule has 1 heteroatoms. The molecule has 0 aliphatic heterocycles. The van der Waals surface area contributed by atoms with E-state index < -0.39 is 0 Å². The fraction of sp³-hybridized carbons (Fsp3) is 0.500. The van der Waals surface area contributed by atoms with E-state index >= 15 is 0 Å². The van der Waals surface area contributed by atoms with E-state index in [0.29, 0.717) is 12.0 Å². The van der Waals surface area contributed by atoms with Crippen molar-refractivity contribution in [3.8, 4) is 0 Å². The van der Waals surface area contributed by atoms with Crippen LogP contribution in [0.15, 0.2) is 12.1 Å². The van der Waals surface area contributed by atoms with Gasteiger partial charge in [-0.1, -0.05) is 12.1 Å². The Labute approximate surface area is 80.0 Å². The third-order valence-corrected chi connectivity index (χ3v) is 3.12. The maximum Gasteiger partial charge on any atom is 0.0115 e. The maximum atomic E-state index is 5.86. The van der Waals surface area contributed by atoms with Crippen LogP contribution in [-0.4, -0.2) is 6.04 Å². The molecule has 1 saturated carbocycles. The van der Waals surface area contributed by atoms with E-state index in [0.717, 1.165) is 0 Å². The summed E-state index contributed by atoms with van der Waals surface area (Å²) >= 11 is 0. The lowest BCUT2D eigenvalue weighted by molar-refractivity contribution is 0.975. The molecule has 0 saturated heterocycles. The van der Waals surface area contributed by atoms with Crippen molar-refractivity contribution >= 4 is 0 Å². The second-order valence-electron chi connectivity index (χ2n) is 4.30. The van der Waals surface area contributed by atoms with Crippen molar-refractivity contribution in [3.63, 3.8) is 0 Å². The predicted octanol–water partition coefficient (Wildman–Crippen LogP) is 2.43. The zero-order valence-electron chi connectivity index (χ0n) is 8.59. The third kappa shape index (κ3) is 1.49. The molecule has 1 aromatic carbocycles. The number of hydrogen-bond acceptors (Lipinski definition) is 1. The Balaban J connectivity index is 2.41. The molecule has 1 fully saturated rings. The highest BCUT2D eigenvalue weighted by Gasteiger charge is 2.35. The van der Waals surface area contributed by atoms with E-state index in [2.05, 4.69) is 32.9 Å². The van der Waals surface area contributed by atoms with Crippen LogP contribution >= 0.6 is 0 Å². The van der Waals surface area contributed by atoms with Crippen LogP contribution in [0.3, 0.4) is 0 Å². The monoisotopic (exact) mass is 175 g/mol. The summed E-state index contributed by atoms with van der Waals surface area (Å²) in [4.78, 5) is 0. The van der Waals surface area contributed by atoms with Crippen molar-refractivity contribution in [1.82, 2.24) is 0 Å². The highest BCUT2D eigenvalue weighted by molar-refractivity contribution is 5.41. The first-order valence-corrected chi connectivity index (χ1v) is 4.93. The summed E-state index contributed by atoms with van der Waals surface area (Å²) in [6.45, 7) is 6.53. The van der Waals surface area contributed by atoms with E-state index in [4.69, 9.17) is 5.73 Å². The minimum atomic E-state index is 0.417. The van der Waals surface area contributed by atoms with Crippen molar-refractivity contribution in [2.24, 2.45) is 5.73 Å². The molecule has 0 unspecified atom stereocenters. The second-order valence-corrected chi connectivity index (χ2v) is 4.30. The number of rotatable bonds is 1. The van der Waals surface area contributed by atoms with Gasteiger partial charge in [0.25, 0.3) is 0 Å². The minimum Gasteiger partial charge on any atom is -0.327 e. The number of nitrogens with two attached hydrogens (primary N) is 1. The largest absolute Gasteiger partial charge is 0.327 e. The van der Waals surface area contributed by atoms with Crippen LogP contribution in [0.2, 0.25) is 0 Å². The van der Waals surface area contributed by atoms with Gasteiger partial charge < -0.3 is 5.73 Å². The summed E-state index contributed by atoms with van der Waals surface area (Å²) in [7, 11) is 0. The summed E-state index contributed by atoms with van der Waals surface area (Å²) in [6.07, 6.45) is 1.17. The van der Waals surface area contributed by atoms with Gasteiger partial charge in [0, 0.05) is 12.0 Å². The molecule has 1 aliphatic rings. The zero-order chi connectivity index (χ0) is 9.59. The van der Waals surface area contributed by atoms with E-state index in [1.165, 1.54) is 28.7 Å². The molecule has 2 atom stereocenters.